The quantitative estimate of drug-likeness (QED) is 0.895. The largest absolute Gasteiger partial charge is 0.338 e. The molecule has 0 aliphatic carbocycles. The predicted octanol–water partition coefficient (Wildman–Crippen LogP) is 1.11. The molecule has 102 valence electrons. The molecule has 1 unspecified atom stereocenters. The van der Waals surface area contributed by atoms with Crippen molar-refractivity contribution >= 4 is 0 Å². The molecule has 1 N–H and O–H groups in total. The van der Waals surface area contributed by atoms with Crippen LogP contribution in [-0.2, 0) is 25.4 Å². The Bertz CT molecular complexity index is 548. The molecule has 1 aliphatic heterocycles. The third-order valence-electron chi connectivity index (χ3n) is 4.20. The molecule has 0 bridgehead atoms. The van der Waals surface area contributed by atoms with Crippen LogP contribution in [0, 0.1) is 0 Å². The molecule has 0 radical (unpaired) electrons. The van der Waals surface area contributed by atoms with Crippen molar-refractivity contribution < 1.29 is 0 Å². The summed E-state index contributed by atoms with van der Waals surface area (Å²) in [6.45, 7) is 5.40. The highest BCUT2D eigenvalue weighted by molar-refractivity contribution is 5.17. The normalized spacial score (nSPS) is 23.1. The first-order chi connectivity index (χ1) is 9.19. The number of hydrogen-bond acceptors (Lipinski definition) is 3. The van der Waals surface area contributed by atoms with E-state index in [1.54, 1.807) is 0 Å². The smallest absolute Gasteiger partial charge is 0.110 e. The van der Waals surface area contributed by atoms with E-state index in [1.807, 2.05) is 32.0 Å². The lowest BCUT2D eigenvalue weighted by Gasteiger charge is -2.24. The number of nitrogens with one attached hydrogen (secondary N) is 1. The Kier molecular flexibility index (Phi) is 3.14. The number of rotatable bonds is 4. The molecule has 2 aromatic rings. The van der Waals surface area contributed by atoms with E-state index in [0.29, 0.717) is 0 Å². The molecule has 0 saturated carbocycles. The first kappa shape index (κ1) is 12.4. The molecule has 2 aromatic heterocycles. The standard InChI is InChI=1S/C14H21N5/c1-14(4-5-15-10-14)12-9-16-11-19(12)7-3-13-17-6-8-18(13)2/h6,8-9,11,15H,3-5,7,10H2,1-2H3. The van der Waals surface area contributed by atoms with Crippen LogP contribution in [0.3, 0.4) is 0 Å². The van der Waals surface area contributed by atoms with E-state index in [4.69, 9.17) is 0 Å². The van der Waals surface area contributed by atoms with Crippen LogP contribution in [0.1, 0.15) is 24.9 Å². The van der Waals surface area contributed by atoms with Crippen LogP contribution in [0.5, 0.6) is 0 Å². The second kappa shape index (κ2) is 4.81. The maximum atomic E-state index is 4.38. The van der Waals surface area contributed by atoms with Gasteiger partial charge in [0.2, 0.25) is 0 Å². The van der Waals surface area contributed by atoms with E-state index in [2.05, 4.69) is 31.3 Å². The zero-order valence-electron chi connectivity index (χ0n) is 11.6. The van der Waals surface area contributed by atoms with Crippen molar-refractivity contribution in [2.24, 2.45) is 7.05 Å². The molecule has 3 heterocycles. The van der Waals surface area contributed by atoms with E-state index in [0.717, 1.165) is 31.9 Å². The average molecular weight is 259 g/mol. The molecule has 1 aliphatic rings. The molecule has 3 rings (SSSR count). The van der Waals surface area contributed by atoms with Gasteiger partial charge in [0, 0.05) is 56.3 Å². The summed E-state index contributed by atoms with van der Waals surface area (Å²) in [5.41, 5.74) is 1.56. The monoisotopic (exact) mass is 259 g/mol. The highest BCUT2D eigenvalue weighted by Crippen LogP contribution is 2.29. The number of nitrogens with zero attached hydrogens (tertiary/aromatic N) is 4. The molecule has 19 heavy (non-hydrogen) atoms. The van der Waals surface area contributed by atoms with Crippen molar-refractivity contribution in [2.75, 3.05) is 13.1 Å². The second-order valence-corrected chi connectivity index (χ2v) is 5.66. The van der Waals surface area contributed by atoms with Crippen LogP contribution in [0.2, 0.25) is 0 Å². The Morgan fingerprint density at radius 2 is 2.37 bits per heavy atom. The third-order valence-corrected chi connectivity index (χ3v) is 4.20. The number of aromatic nitrogens is 4. The Morgan fingerprint density at radius 1 is 1.47 bits per heavy atom. The molecule has 5 heteroatoms. The number of hydrogen-bond donors (Lipinski definition) is 1. The lowest BCUT2D eigenvalue weighted by atomic mass is 9.86. The molecule has 0 aromatic carbocycles. The van der Waals surface area contributed by atoms with E-state index >= 15 is 0 Å². The summed E-state index contributed by atoms with van der Waals surface area (Å²) < 4.78 is 4.36. The molecule has 1 atom stereocenters. The number of aryl methyl sites for hydroxylation is 3. The fraction of sp³-hybridized carbons (Fsp3) is 0.571. The fourth-order valence-electron chi connectivity index (χ4n) is 2.89. The Hall–Kier alpha value is -1.62. The van der Waals surface area contributed by atoms with Crippen LogP contribution in [0.4, 0.5) is 0 Å². The zero-order chi connectivity index (χ0) is 13.3. The maximum Gasteiger partial charge on any atom is 0.110 e. The van der Waals surface area contributed by atoms with E-state index in [-0.39, 0.29) is 5.41 Å². The van der Waals surface area contributed by atoms with Gasteiger partial charge >= 0.3 is 0 Å². The topological polar surface area (TPSA) is 47.7 Å². The fourth-order valence-corrected chi connectivity index (χ4v) is 2.89. The lowest BCUT2D eigenvalue weighted by molar-refractivity contribution is 0.469. The first-order valence-electron chi connectivity index (χ1n) is 6.87. The molecular formula is C14H21N5. The summed E-state index contributed by atoms with van der Waals surface area (Å²) in [5, 5.41) is 3.45. The summed E-state index contributed by atoms with van der Waals surface area (Å²) in [4.78, 5) is 8.72. The van der Waals surface area contributed by atoms with Crippen molar-refractivity contribution in [2.45, 2.75) is 31.7 Å². The summed E-state index contributed by atoms with van der Waals surface area (Å²) in [6.07, 6.45) is 9.93. The molecule has 1 saturated heterocycles. The zero-order valence-corrected chi connectivity index (χ0v) is 11.6. The van der Waals surface area contributed by atoms with Crippen LogP contribution >= 0.6 is 0 Å². The first-order valence-corrected chi connectivity index (χ1v) is 6.87. The highest BCUT2D eigenvalue weighted by Gasteiger charge is 2.33. The van der Waals surface area contributed by atoms with Crippen molar-refractivity contribution in [3.8, 4) is 0 Å². The van der Waals surface area contributed by atoms with Gasteiger partial charge in [0.1, 0.15) is 5.82 Å². The van der Waals surface area contributed by atoms with E-state index < -0.39 is 0 Å². The van der Waals surface area contributed by atoms with Gasteiger partial charge in [-0.2, -0.15) is 0 Å². The van der Waals surface area contributed by atoms with Crippen LogP contribution in [0.25, 0.3) is 0 Å². The van der Waals surface area contributed by atoms with Gasteiger partial charge in [-0.3, -0.25) is 0 Å². The SMILES string of the molecule is Cn1ccnc1CCn1cncc1C1(C)CCNC1. The summed E-state index contributed by atoms with van der Waals surface area (Å²) in [6, 6.07) is 0. The summed E-state index contributed by atoms with van der Waals surface area (Å²) in [7, 11) is 2.04. The third kappa shape index (κ3) is 2.30. The van der Waals surface area contributed by atoms with Crippen molar-refractivity contribution in [1.29, 1.82) is 0 Å². The predicted molar refractivity (Wildman–Crippen MR) is 74.0 cm³/mol. The molecule has 0 amide bonds. The summed E-state index contributed by atoms with van der Waals surface area (Å²) in [5.74, 6) is 1.12. The van der Waals surface area contributed by atoms with Gasteiger partial charge in [0.25, 0.3) is 0 Å². The van der Waals surface area contributed by atoms with Crippen molar-refractivity contribution in [3.63, 3.8) is 0 Å². The van der Waals surface area contributed by atoms with Gasteiger partial charge in [-0.15, -0.1) is 0 Å². The van der Waals surface area contributed by atoms with Gasteiger partial charge in [-0.1, -0.05) is 6.92 Å². The van der Waals surface area contributed by atoms with Crippen LogP contribution in [-0.4, -0.2) is 32.2 Å². The highest BCUT2D eigenvalue weighted by atomic mass is 15.1. The Balaban J connectivity index is 1.75. The van der Waals surface area contributed by atoms with Gasteiger partial charge in [0.05, 0.1) is 6.33 Å². The van der Waals surface area contributed by atoms with E-state index in [1.165, 1.54) is 12.1 Å². The average Bonchev–Trinajstić information content (AvgIpc) is 3.08. The Labute approximate surface area is 113 Å². The van der Waals surface area contributed by atoms with Crippen LogP contribution < -0.4 is 5.32 Å². The minimum absolute atomic E-state index is 0.220. The van der Waals surface area contributed by atoms with Gasteiger partial charge in [-0.25, -0.2) is 9.97 Å². The van der Waals surface area contributed by atoms with E-state index in [9.17, 15) is 0 Å². The molecule has 0 spiro atoms. The number of imidazole rings is 2. The van der Waals surface area contributed by atoms with Gasteiger partial charge < -0.3 is 14.5 Å². The molecule has 1 fully saturated rings. The van der Waals surface area contributed by atoms with Gasteiger partial charge in [0.15, 0.2) is 0 Å². The van der Waals surface area contributed by atoms with Gasteiger partial charge in [-0.05, 0) is 13.0 Å². The second-order valence-electron chi connectivity index (χ2n) is 5.66. The lowest BCUT2D eigenvalue weighted by Crippen LogP contribution is -2.28. The van der Waals surface area contributed by atoms with Crippen molar-refractivity contribution in [3.05, 3.63) is 36.4 Å². The summed E-state index contributed by atoms with van der Waals surface area (Å²) >= 11 is 0. The minimum atomic E-state index is 0.220. The molecule has 5 nitrogen and oxygen atoms in total. The van der Waals surface area contributed by atoms with Crippen LogP contribution in [0.15, 0.2) is 24.9 Å². The maximum absolute atomic E-state index is 4.38. The Morgan fingerprint density at radius 3 is 3.05 bits per heavy atom. The molecular weight excluding hydrogens is 238 g/mol. The minimum Gasteiger partial charge on any atom is -0.338 e. The van der Waals surface area contributed by atoms with Crippen molar-refractivity contribution in [1.82, 2.24) is 24.4 Å².